The average molecular weight is 485 g/mol. The molecule has 9 nitrogen and oxygen atoms in total. The number of methoxy groups -OCH3 is 1. The zero-order valence-corrected chi connectivity index (χ0v) is 20.1. The molecule has 6 rings (SSSR count). The molecule has 0 saturated carbocycles. The lowest BCUT2D eigenvalue weighted by atomic mass is 10.1. The maximum atomic E-state index is 11.3. The minimum atomic E-state index is -0.449. The van der Waals surface area contributed by atoms with E-state index in [-0.39, 0.29) is 0 Å². The summed E-state index contributed by atoms with van der Waals surface area (Å²) in [5.41, 5.74) is 3.86. The number of carbonyl (C=O) groups is 1. The van der Waals surface area contributed by atoms with Crippen molar-refractivity contribution in [1.82, 2.24) is 30.0 Å². The van der Waals surface area contributed by atoms with E-state index in [9.17, 15) is 4.79 Å². The number of hydrogen-bond donors (Lipinski definition) is 1. The molecular weight excluding hydrogens is 456 g/mol. The molecule has 0 aliphatic carbocycles. The minimum Gasteiger partial charge on any atom is -0.439 e. The van der Waals surface area contributed by atoms with Crippen LogP contribution in [0.25, 0.3) is 22.2 Å². The summed E-state index contributed by atoms with van der Waals surface area (Å²) in [4.78, 5) is 25.4. The molecule has 3 unspecified atom stereocenters. The molecule has 3 atom stereocenters. The Labute approximate surface area is 209 Å². The van der Waals surface area contributed by atoms with Crippen molar-refractivity contribution in [1.29, 1.82) is 0 Å². The molecule has 2 fully saturated rings. The van der Waals surface area contributed by atoms with E-state index in [1.54, 1.807) is 19.5 Å². The number of aldehydes is 1. The maximum absolute atomic E-state index is 11.3. The fourth-order valence-corrected chi connectivity index (χ4v) is 5.40. The topological polar surface area (TPSA) is 96.5 Å². The fraction of sp³-hybridized carbons (Fsp3) is 0.333. The molecule has 2 aliphatic heterocycles. The SMILES string of the molecule is COC(C=O)N1CC2CCC(C1)N2Cc1ccc2cc(Oc3ccc(-c4ccn[nH]4)cn3)ccc2n1. The molecule has 184 valence electrons. The molecule has 36 heavy (non-hydrogen) atoms. The molecular formula is C27H28N6O3. The van der Waals surface area contributed by atoms with Gasteiger partial charge in [0.05, 0.1) is 16.9 Å². The normalized spacial score (nSPS) is 21.0. The number of aromatic amines is 1. The zero-order valence-electron chi connectivity index (χ0n) is 20.1. The summed E-state index contributed by atoms with van der Waals surface area (Å²) in [6, 6.07) is 16.6. The summed E-state index contributed by atoms with van der Waals surface area (Å²) in [7, 11) is 1.59. The number of aromatic nitrogens is 4. The van der Waals surface area contributed by atoms with Gasteiger partial charge in [-0.3, -0.25) is 24.7 Å². The van der Waals surface area contributed by atoms with E-state index in [2.05, 4.69) is 37.1 Å². The van der Waals surface area contributed by atoms with Gasteiger partial charge in [-0.25, -0.2) is 4.98 Å². The number of nitrogens with zero attached hydrogens (tertiary/aromatic N) is 5. The Kier molecular flexibility index (Phi) is 6.18. The van der Waals surface area contributed by atoms with Crippen molar-refractivity contribution < 1.29 is 14.3 Å². The van der Waals surface area contributed by atoms with E-state index in [1.807, 2.05) is 36.4 Å². The number of pyridine rings is 2. The first-order valence-corrected chi connectivity index (χ1v) is 12.2. The van der Waals surface area contributed by atoms with Crippen LogP contribution in [0.15, 0.2) is 60.9 Å². The van der Waals surface area contributed by atoms with Crippen LogP contribution in [0.3, 0.4) is 0 Å². The van der Waals surface area contributed by atoms with Gasteiger partial charge in [0, 0.05) is 68.2 Å². The second kappa shape index (κ2) is 9.77. The van der Waals surface area contributed by atoms with Crippen LogP contribution in [0.1, 0.15) is 18.5 Å². The van der Waals surface area contributed by atoms with E-state index < -0.39 is 6.23 Å². The van der Waals surface area contributed by atoms with Crippen molar-refractivity contribution in [2.45, 2.75) is 37.7 Å². The number of likely N-dealkylation sites (tertiary alicyclic amines) is 1. The van der Waals surface area contributed by atoms with Crippen molar-refractivity contribution in [3.05, 3.63) is 66.6 Å². The number of piperazine rings is 1. The Morgan fingerprint density at radius 3 is 2.67 bits per heavy atom. The lowest BCUT2D eigenvalue weighted by Gasteiger charge is -2.42. The Morgan fingerprint density at radius 2 is 1.97 bits per heavy atom. The van der Waals surface area contributed by atoms with Gasteiger partial charge in [-0.15, -0.1) is 0 Å². The van der Waals surface area contributed by atoms with Gasteiger partial charge in [0.2, 0.25) is 5.88 Å². The Bertz CT molecular complexity index is 1330. The van der Waals surface area contributed by atoms with Crippen LogP contribution < -0.4 is 4.74 Å². The molecule has 2 bridgehead atoms. The van der Waals surface area contributed by atoms with Crippen LogP contribution in [0.4, 0.5) is 0 Å². The smallest absolute Gasteiger partial charge is 0.219 e. The number of hydrogen-bond acceptors (Lipinski definition) is 8. The van der Waals surface area contributed by atoms with Crippen LogP contribution >= 0.6 is 0 Å². The third-order valence-corrected chi connectivity index (χ3v) is 7.21. The molecule has 0 amide bonds. The Morgan fingerprint density at radius 1 is 1.11 bits per heavy atom. The highest BCUT2D eigenvalue weighted by atomic mass is 16.5. The first-order chi connectivity index (χ1) is 17.7. The first-order valence-electron chi connectivity index (χ1n) is 12.2. The summed E-state index contributed by atoms with van der Waals surface area (Å²) < 4.78 is 11.3. The number of carbonyl (C=O) groups excluding carboxylic acids is 1. The van der Waals surface area contributed by atoms with Crippen molar-refractivity contribution in [3.8, 4) is 22.9 Å². The summed E-state index contributed by atoms with van der Waals surface area (Å²) >= 11 is 0. The van der Waals surface area contributed by atoms with Crippen LogP contribution in [0.2, 0.25) is 0 Å². The van der Waals surface area contributed by atoms with E-state index in [4.69, 9.17) is 14.5 Å². The highest BCUT2D eigenvalue weighted by Crippen LogP contribution is 2.33. The number of nitrogens with one attached hydrogen (secondary N) is 1. The molecule has 1 N–H and O–H groups in total. The van der Waals surface area contributed by atoms with Crippen LogP contribution in [0.5, 0.6) is 11.6 Å². The van der Waals surface area contributed by atoms with E-state index in [0.717, 1.165) is 72.4 Å². The maximum Gasteiger partial charge on any atom is 0.219 e. The second-order valence-electron chi connectivity index (χ2n) is 9.39. The quantitative estimate of drug-likeness (QED) is 0.379. The highest BCUT2D eigenvalue weighted by Gasteiger charge is 2.41. The van der Waals surface area contributed by atoms with Crippen LogP contribution in [0, 0.1) is 0 Å². The van der Waals surface area contributed by atoms with E-state index in [0.29, 0.717) is 18.0 Å². The zero-order chi connectivity index (χ0) is 24.5. The average Bonchev–Trinajstić information content (AvgIpc) is 3.51. The van der Waals surface area contributed by atoms with Crippen molar-refractivity contribution in [2.24, 2.45) is 0 Å². The number of benzene rings is 1. The number of fused-ring (bicyclic) bond motifs is 3. The van der Waals surface area contributed by atoms with E-state index in [1.165, 1.54) is 0 Å². The van der Waals surface area contributed by atoms with Gasteiger partial charge in [0.25, 0.3) is 0 Å². The molecule has 3 aromatic heterocycles. The lowest BCUT2D eigenvalue weighted by molar-refractivity contribution is -0.132. The number of H-pyrrole nitrogens is 1. The molecule has 2 aliphatic rings. The lowest BCUT2D eigenvalue weighted by Crippen LogP contribution is -2.56. The number of rotatable bonds is 8. The summed E-state index contributed by atoms with van der Waals surface area (Å²) in [5, 5.41) is 7.92. The van der Waals surface area contributed by atoms with Crippen LogP contribution in [-0.2, 0) is 16.1 Å². The van der Waals surface area contributed by atoms with Gasteiger partial charge in [0.15, 0.2) is 12.5 Å². The summed E-state index contributed by atoms with van der Waals surface area (Å²) in [6.45, 7) is 2.50. The molecule has 4 aromatic rings. The van der Waals surface area contributed by atoms with E-state index >= 15 is 0 Å². The molecule has 0 spiro atoms. The Hall–Kier alpha value is -3.66. The second-order valence-corrected chi connectivity index (χ2v) is 9.39. The standard InChI is InChI=1S/C27H28N6O3/c1-35-27(17-34)32-15-21-5-6-22(16-32)33(21)14-20-4-2-18-12-23(7-8-24(18)30-20)36-26-9-3-19(13-28-26)25-10-11-29-31-25/h2-4,7-13,17,21-22,27H,5-6,14-16H2,1H3,(H,29,31). The molecule has 5 heterocycles. The minimum absolute atomic E-state index is 0.418. The first kappa shape index (κ1) is 22.8. The molecule has 1 aromatic carbocycles. The predicted octanol–water partition coefficient (Wildman–Crippen LogP) is 3.63. The van der Waals surface area contributed by atoms with Crippen molar-refractivity contribution >= 4 is 17.2 Å². The molecule has 2 saturated heterocycles. The Balaban J connectivity index is 1.13. The summed E-state index contributed by atoms with van der Waals surface area (Å²) in [6.07, 6.45) is 6.20. The van der Waals surface area contributed by atoms with Gasteiger partial charge >= 0.3 is 0 Å². The molecule has 0 radical (unpaired) electrons. The van der Waals surface area contributed by atoms with Crippen LogP contribution in [-0.4, -0.2) is 74.8 Å². The van der Waals surface area contributed by atoms with Gasteiger partial charge in [-0.2, -0.15) is 5.10 Å². The highest BCUT2D eigenvalue weighted by molar-refractivity contribution is 5.80. The van der Waals surface area contributed by atoms with Gasteiger partial charge < -0.3 is 9.47 Å². The van der Waals surface area contributed by atoms with Crippen molar-refractivity contribution in [3.63, 3.8) is 0 Å². The van der Waals surface area contributed by atoms with Gasteiger partial charge in [-0.05, 0) is 49.2 Å². The monoisotopic (exact) mass is 484 g/mol. The molecule has 9 heteroatoms. The largest absolute Gasteiger partial charge is 0.439 e. The number of ether oxygens (including phenoxy) is 2. The summed E-state index contributed by atoms with van der Waals surface area (Å²) in [5.74, 6) is 1.25. The van der Waals surface area contributed by atoms with Gasteiger partial charge in [0.1, 0.15) is 5.75 Å². The van der Waals surface area contributed by atoms with Crippen molar-refractivity contribution in [2.75, 3.05) is 20.2 Å². The van der Waals surface area contributed by atoms with Gasteiger partial charge in [-0.1, -0.05) is 6.07 Å². The predicted molar refractivity (Wildman–Crippen MR) is 134 cm³/mol. The third kappa shape index (κ3) is 4.48. The third-order valence-electron chi connectivity index (χ3n) is 7.21. The fourth-order valence-electron chi connectivity index (χ4n) is 5.40.